The van der Waals surface area contributed by atoms with Gasteiger partial charge < -0.3 is 19.1 Å². The molecule has 2 aromatic carbocycles. The molecule has 5 nitrogen and oxygen atoms in total. The second-order valence-corrected chi connectivity index (χ2v) is 6.75. The monoisotopic (exact) mass is 369 g/mol. The zero-order valence-corrected chi connectivity index (χ0v) is 16.2. The molecule has 0 N–H and O–H groups in total. The molecule has 0 bridgehead atoms. The first-order chi connectivity index (χ1) is 13.2. The summed E-state index contributed by atoms with van der Waals surface area (Å²) in [6.45, 7) is 2.82. The Morgan fingerprint density at radius 2 is 1.56 bits per heavy atom. The predicted molar refractivity (Wildman–Crippen MR) is 105 cm³/mol. The molecule has 0 amide bonds. The lowest BCUT2D eigenvalue weighted by atomic mass is 9.89. The third-order valence-electron chi connectivity index (χ3n) is 5.11. The molecule has 27 heavy (non-hydrogen) atoms. The molecule has 1 unspecified atom stereocenters. The minimum atomic E-state index is -0.230. The summed E-state index contributed by atoms with van der Waals surface area (Å²) < 4.78 is 16.2. The van der Waals surface area contributed by atoms with Crippen molar-refractivity contribution in [3.05, 3.63) is 53.6 Å². The van der Waals surface area contributed by atoms with Gasteiger partial charge in [-0.2, -0.15) is 0 Å². The Kier molecular flexibility index (Phi) is 6.35. The number of methoxy groups -OCH3 is 3. The summed E-state index contributed by atoms with van der Waals surface area (Å²) in [5.74, 6) is 1.31. The molecular weight excluding hydrogens is 342 g/mol. The molecule has 1 heterocycles. The molecule has 2 aromatic rings. The van der Waals surface area contributed by atoms with Crippen molar-refractivity contribution in [3.8, 4) is 17.2 Å². The zero-order valence-electron chi connectivity index (χ0n) is 16.2. The van der Waals surface area contributed by atoms with Gasteiger partial charge in [-0.3, -0.25) is 4.79 Å². The van der Waals surface area contributed by atoms with Crippen LogP contribution in [0.4, 0.5) is 0 Å². The third-order valence-corrected chi connectivity index (χ3v) is 5.11. The van der Waals surface area contributed by atoms with Gasteiger partial charge in [0.25, 0.3) is 0 Å². The van der Waals surface area contributed by atoms with Gasteiger partial charge in [-0.15, -0.1) is 0 Å². The number of ketones is 1. The highest BCUT2D eigenvalue weighted by Gasteiger charge is 2.28. The van der Waals surface area contributed by atoms with E-state index in [1.54, 1.807) is 33.5 Å². The van der Waals surface area contributed by atoms with Crippen LogP contribution in [0.2, 0.25) is 0 Å². The molecule has 0 spiro atoms. The van der Waals surface area contributed by atoms with Crippen LogP contribution in [0.25, 0.3) is 0 Å². The molecule has 5 heteroatoms. The highest BCUT2D eigenvalue weighted by atomic mass is 16.5. The summed E-state index contributed by atoms with van der Waals surface area (Å²) in [5.41, 5.74) is 1.60. The van der Waals surface area contributed by atoms with Crippen LogP contribution in [0.5, 0.6) is 17.2 Å². The lowest BCUT2D eigenvalue weighted by Gasteiger charge is -2.23. The summed E-state index contributed by atoms with van der Waals surface area (Å²) in [7, 11) is 4.68. The lowest BCUT2D eigenvalue weighted by Crippen LogP contribution is -2.30. The van der Waals surface area contributed by atoms with Crippen LogP contribution in [-0.4, -0.2) is 51.6 Å². The first kappa shape index (κ1) is 19.2. The van der Waals surface area contributed by atoms with E-state index in [1.165, 1.54) is 12.8 Å². The highest BCUT2D eigenvalue weighted by molar-refractivity contribution is 6.02. The molecule has 1 aliphatic heterocycles. The molecule has 1 aliphatic rings. The Hall–Kier alpha value is -2.53. The first-order valence-electron chi connectivity index (χ1n) is 9.29. The average Bonchev–Trinajstić information content (AvgIpc) is 3.24. The minimum absolute atomic E-state index is 0.0624. The van der Waals surface area contributed by atoms with E-state index in [1.807, 2.05) is 30.3 Å². The lowest BCUT2D eigenvalue weighted by molar-refractivity contribution is 0.0939. The van der Waals surface area contributed by atoms with Crippen molar-refractivity contribution in [2.24, 2.45) is 0 Å². The average molecular weight is 369 g/mol. The van der Waals surface area contributed by atoms with Crippen molar-refractivity contribution in [2.75, 3.05) is 41.0 Å². The zero-order chi connectivity index (χ0) is 19.2. The number of Topliss-reactive ketones (excluding diaryl/α,β-unsaturated/α-hetero) is 1. The first-order valence-corrected chi connectivity index (χ1v) is 9.29. The Bertz CT molecular complexity index is 744. The van der Waals surface area contributed by atoms with Crippen molar-refractivity contribution in [1.82, 2.24) is 4.90 Å². The van der Waals surface area contributed by atoms with Crippen LogP contribution in [0, 0.1) is 0 Å². The van der Waals surface area contributed by atoms with E-state index in [4.69, 9.17) is 14.2 Å². The number of hydrogen-bond donors (Lipinski definition) is 0. The van der Waals surface area contributed by atoms with Crippen molar-refractivity contribution in [1.29, 1.82) is 0 Å². The maximum Gasteiger partial charge on any atom is 0.203 e. The van der Waals surface area contributed by atoms with Gasteiger partial charge in [-0.1, -0.05) is 30.3 Å². The molecule has 0 saturated carbocycles. The van der Waals surface area contributed by atoms with Gasteiger partial charge in [0, 0.05) is 12.1 Å². The molecule has 144 valence electrons. The Labute approximate surface area is 160 Å². The van der Waals surface area contributed by atoms with Gasteiger partial charge in [0.15, 0.2) is 17.3 Å². The number of benzene rings is 2. The predicted octanol–water partition coefficient (Wildman–Crippen LogP) is 3.77. The van der Waals surface area contributed by atoms with Gasteiger partial charge >= 0.3 is 0 Å². The van der Waals surface area contributed by atoms with Crippen LogP contribution in [0.15, 0.2) is 42.5 Å². The third kappa shape index (κ3) is 4.25. The van der Waals surface area contributed by atoms with Gasteiger partial charge in [0.1, 0.15) is 0 Å². The van der Waals surface area contributed by atoms with Crippen LogP contribution in [-0.2, 0) is 0 Å². The number of likely N-dealkylation sites (tertiary alicyclic amines) is 1. The van der Waals surface area contributed by atoms with Crippen molar-refractivity contribution in [3.63, 3.8) is 0 Å². The van der Waals surface area contributed by atoms with Crippen molar-refractivity contribution >= 4 is 5.78 Å². The number of nitrogens with zero attached hydrogens (tertiary/aromatic N) is 1. The standard InChI is InChI=1S/C22H27NO4/c1-25-19-13-17(14-20(26-2)22(19)27-3)21(24)18(15-23-11-7-8-12-23)16-9-5-4-6-10-16/h4-6,9-10,13-14,18H,7-8,11-12,15H2,1-3H3. The fourth-order valence-electron chi connectivity index (χ4n) is 3.67. The highest BCUT2D eigenvalue weighted by Crippen LogP contribution is 2.39. The topological polar surface area (TPSA) is 48.0 Å². The van der Waals surface area contributed by atoms with Crippen LogP contribution < -0.4 is 14.2 Å². The van der Waals surface area contributed by atoms with E-state index < -0.39 is 0 Å². The van der Waals surface area contributed by atoms with Crippen LogP contribution in [0.3, 0.4) is 0 Å². The Balaban J connectivity index is 1.98. The van der Waals surface area contributed by atoms with Crippen molar-refractivity contribution in [2.45, 2.75) is 18.8 Å². The second-order valence-electron chi connectivity index (χ2n) is 6.75. The summed E-state index contributed by atoms with van der Waals surface area (Å²) in [6.07, 6.45) is 2.39. The van der Waals surface area contributed by atoms with E-state index in [9.17, 15) is 4.79 Å². The molecule has 3 rings (SSSR count). The Morgan fingerprint density at radius 1 is 0.963 bits per heavy atom. The summed E-state index contributed by atoms with van der Waals surface area (Å²) in [6, 6.07) is 13.5. The van der Waals surface area contributed by atoms with Gasteiger partial charge in [0.05, 0.1) is 27.2 Å². The molecule has 0 aromatic heterocycles. The maximum atomic E-state index is 13.5. The molecule has 0 radical (unpaired) electrons. The van der Waals surface area contributed by atoms with Crippen LogP contribution in [0.1, 0.15) is 34.7 Å². The largest absolute Gasteiger partial charge is 0.493 e. The quantitative estimate of drug-likeness (QED) is 0.663. The van der Waals surface area contributed by atoms with E-state index in [-0.39, 0.29) is 11.7 Å². The van der Waals surface area contributed by atoms with E-state index in [0.717, 1.165) is 25.2 Å². The number of carbonyl (C=O) groups is 1. The SMILES string of the molecule is COc1cc(C(=O)C(CN2CCCC2)c2ccccc2)cc(OC)c1OC. The maximum absolute atomic E-state index is 13.5. The molecular formula is C22H27NO4. The molecule has 1 fully saturated rings. The van der Waals surface area contributed by atoms with E-state index >= 15 is 0 Å². The van der Waals surface area contributed by atoms with Gasteiger partial charge in [0.2, 0.25) is 5.75 Å². The smallest absolute Gasteiger partial charge is 0.203 e. The normalized spacial score (nSPS) is 15.4. The van der Waals surface area contributed by atoms with Crippen LogP contribution >= 0.6 is 0 Å². The fourth-order valence-corrected chi connectivity index (χ4v) is 3.67. The Morgan fingerprint density at radius 3 is 2.07 bits per heavy atom. The molecule has 0 aliphatic carbocycles. The number of rotatable bonds is 8. The van der Waals surface area contributed by atoms with E-state index in [2.05, 4.69) is 4.90 Å². The number of hydrogen-bond acceptors (Lipinski definition) is 5. The van der Waals surface area contributed by atoms with Crippen molar-refractivity contribution < 1.29 is 19.0 Å². The van der Waals surface area contributed by atoms with E-state index in [0.29, 0.717) is 22.8 Å². The minimum Gasteiger partial charge on any atom is -0.493 e. The number of carbonyl (C=O) groups excluding carboxylic acids is 1. The second kappa shape index (κ2) is 8.91. The summed E-state index contributed by atoms with van der Waals surface area (Å²) in [5, 5.41) is 0. The number of ether oxygens (including phenoxy) is 3. The summed E-state index contributed by atoms with van der Waals surface area (Å²) in [4.78, 5) is 15.9. The fraction of sp³-hybridized carbons (Fsp3) is 0.409. The van der Waals surface area contributed by atoms with Gasteiger partial charge in [-0.05, 0) is 43.6 Å². The molecule has 1 atom stereocenters. The van der Waals surface area contributed by atoms with Gasteiger partial charge in [-0.25, -0.2) is 0 Å². The molecule has 1 saturated heterocycles. The summed E-state index contributed by atoms with van der Waals surface area (Å²) >= 11 is 0.